The van der Waals surface area contributed by atoms with E-state index in [4.69, 9.17) is 16.3 Å². The fraction of sp³-hybridized carbons (Fsp3) is 0.348. The molecule has 0 radical (unpaired) electrons. The molecule has 31 heavy (non-hydrogen) atoms. The molecule has 1 aromatic heterocycles. The number of anilines is 1. The van der Waals surface area contributed by atoms with Crippen molar-refractivity contribution in [2.75, 3.05) is 11.1 Å². The average Bonchev–Trinajstić information content (AvgIpc) is 3.11. The van der Waals surface area contributed by atoms with Gasteiger partial charge >= 0.3 is 0 Å². The van der Waals surface area contributed by atoms with Crippen molar-refractivity contribution < 1.29 is 9.53 Å². The van der Waals surface area contributed by atoms with E-state index in [-0.39, 0.29) is 17.8 Å². The van der Waals surface area contributed by atoms with E-state index in [0.29, 0.717) is 11.0 Å². The molecule has 8 heteroatoms. The van der Waals surface area contributed by atoms with Gasteiger partial charge in [0.1, 0.15) is 5.75 Å². The van der Waals surface area contributed by atoms with E-state index in [1.165, 1.54) is 11.8 Å². The molecule has 1 unspecified atom stereocenters. The third-order valence-corrected chi connectivity index (χ3v) is 6.58. The number of aromatic nitrogens is 3. The number of amides is 1. The topological polar surface area (TPSA) is 69.0 Å². The number of ether oxygens (including phenoxy) is 1. The number of benzene rings is 2. The molecular formula is C23H27ClN4O2S. The van der Waals surface area contributed by atoms with Crippen LogP contribution in [0.4, 0.5) is 5.69 Å². The van der Waals surface area contributed by atoms with Crippen LogP contribution in [-0.2, 0) is 18.3 Å². The maximum Gasteiger partial charge on any atom is 0.234 e. The highest BCUT2D eigenvalue weighted by atomic mass is 35.5. The van der Waals surface area contributed by atoms with Crippen LogP contribution in [0.3, 0.4) is 0 Å². The predicted octanol–water partition coefficient (Wildman–Crippen LogP) is 5.52. The Hall–Kier alpha value is -2.51. The standard InChI is InChI=1S/C23H27ClN4O2S/c1-6-17-9-7-8-10-19(17)25-20(29)13-31-23-27-26-22(28(23)5)16(4)30-18-11-14(2)21(24)15(3)12-18/h7-12,16H,6,13H2,1-5H3,(H,25,29). The Morgan fingerprint density at radius 1 is 1.23 bits per heavy atom. The first-order valence-corrected chi connectivity index (χ1v) is 11.5. The van der Waals surface area contributed by atoms with Crippen molar-refractivity contribution in [2.45, 2.75) is 45.4 Å². The third-order valence-electron chi connectivity index (χ3n) is 4.96. The molecule has 0 fully saturated rings. The minimum absolute atomic E-state index is 0.0770. The number of thioether (sulfide) groups is 1. The molecule has 3 rings (SSSR count). The lowest BCUT2D eigenvalue weighted by Crippen LogP contribution is -2.16. The second kappa shape index (κ2) is 10.2. The van der Waals surface area contributed by atoms with E-state index in [1.807, 2.05) is 68.8 Å². The summed E-state index contributed by atoms with van der Waals surface area (Å²) in [5.41, 5.74) is 3.90. The van der Waals surface area contributed by atoms with Gasteiger partial charge in [-0.2, -0.15) is 0 Å². The van der Waals surface area contributed by atoms with Crippen LogP contribution in [0.5, 0.6) is 5.75 Å². The zero-order valence-electron chi connectivity index (χ0n) is 18.4. The van der Waals surface area contributed by atoms with Gasteiger partial charge in [-0.25, -0.2) is 0 Å². The van der Waals surface area contributed by atoms with Gasteiger partial charge in [0.25, 0.3) is 0 Å². The first-order chi connectivity index (χ1) is 14.8. The van der Waals surface area contributed by atoms with Gasteiger partial charge in [0.15, 0.2) is 17.1 Å². The number of hydrogen-bond donors (Lipinski definition) is 1. The molecule has 0 saturated heterocycles. The van der Waals surface area contributed by atoms with Crippen LogP contribution in [0.15, 0.2) is 41.6 Å². The molecule has 0 bridgehead atoms. The van der Waals surface area contributed by atoms with Crippen molar-refractivity contribution in [1.29, 1.82) is 0 Å². The minimum atomic E-state index is -0.308. The first kappa shape index (κ1) is 23.2. The number of carbonyl (C=O) groups is 1. The maximum atomic E-state index is 12.4. The summed E-state index contributed by atoms with van der Waals surface area (Å²) in [6.45, 7) is 7.89. The Morgan fingerprint density at radius 3 is 2.58 bits per heavy atom. The molecule has 0 aliphatic rings. The van der Waals surface area contributed by atoms with Crippen LogP contribution >= 0.6 is 23.4 Å². The largest absolute Gasteiger partial charge is 0.483 e. The fourth-order valence-electron chi connectivity index (χ4n) is 3.30. The van der Waals surface area contributed by atoms with Crippen molar-refractivity contribution in [3.8, 4) is 5.75 Å². The summed E-state index contributed by atoms with van der Waals surface area (Å²) < 4.78 is 7.93. The number of aryl methyl sites for hydroxylation is 3. The summed E-state index contributed by atoms with van der Waals surface area (Å²) >= 11 is 7.59. The van der Waals surface area contributed by atoms with Crippen LogP contribution in [0.2, 0.25) is 5.02 Å². The van der Waals surface area contributed by atoms with E-state index >= 15 is 0 Å². The van der Waals surface area contributed by atoms with Crippen molar-refractivity contribution in [3.63, 3.8) is 0 Å². The molecule has 2 aromatic carbocycles. The lowest BCUT2D eigenvalue weighted by atomic mass is 10.1. The summed E-state index contributed by atoms with van der Waals surface area (Å²) in [4.78, 5) is 12.4. The maximum absolute atomic E-state index is 12.4. The highest BCUT2D eigenvalue weighted by molar-refractivity contribution is 7.99. The number of rotatable bonds is 8. The van der Waals surface area contributed by atoms with Crippen molar-refractivity contribution >= 4 is 35.0 Å². The molecule has 1 amide bonds. The zero-order valence-corrected chi connectivity index (χ0v) is 20.0. The van der Waals surface area contributed by atoms with Crippen LogP contribution in [0, 0.1) is 13.8 Å². The van der Waals surface area contributed by atoms with E-state index in [1.54, 1.807) is 0 Å². The number of para-hydroxylation sites is 1. The smallest absolute Gasteiger partial charge is 0.234 e. The Bertz CT molecular complexity index is 1060. The predicted molar refractivity (Wildman–Crippen MR) is 126 cm³/mol. The molecule has 0 aliphatic carbocycles. The average molecular weight is 459 g/mol. The molecule has 1 heterocycles. The van der Waals surface area contributed by atoms with Crippen LogP contribution in [0.1, 0.15) is 42.5 Å². The van der Waals surface area contributed by atoms with Crippen molar-refractivity contribution in [1.82, 2.24) is 14.8 Å². The van der Waals surface area contributed by atoms with Gasteiger partial charge in [-0.1, -0.05) is 48.5 Å². The second-order valence-electron chi connectivity index (χ2n) is 7.38. The highest BCUT2D eigenvalue weighted by Gasteiger charge is 2.19. The highest BCUT2D eigenvalue weighted by Crippen LogP contribution is 2.29. The summed E-state index contributed by atoms with van der Waals surface area (Å²) in [5, 5.41) is 12.9. The van der Waals surface area contributed by atoms with Gasteiger partial charge in [-0.15, -0.1) is 10.2 Å². The molecule has 1 atom stereocenters. The lowest BCUT2D eigenvalue weighted by molar-refractivity contribution is -0.113. The van der Waals surface area contributed by atoms with Gasteiger partial charge in [-0.3, -0.25) is 4.79 Å². The number of nitrogens with one attached hydrogen (secondary N) is 1. The zero-order chi connectivity index (χ0) is 22.5. The summed E-state index contributed by atoms with van der Waals surface area (Å²) in [6.07, 6.45) is 0.554. The van der Waals surface area contributed by atoms with E-state index < -0.39 is 0 Å². The first-order valence-electron chi connectivity index (χ1n) is 10.1. The summed E-state index contributed by atoms with van der Waals surface area (Å²) in [5.74, 6) is 1.59. The van der Waals surface area contributed by atoms with Gasteiger partial charge in [0.05, 0.1) is 5.75 Å². The molecule has 6 nitrogen and oxygen atoms in total. The van der Waals surface area contributed by atoms with Crippen LogP contribution in [-0.4, -0.2) is 26.4 Å². The summed E-state index contributed by atoms with van der Waals surface area (Å²) in [7, 11) is 1.88. The number of carbonyl (C=O) groups excluding carboxylic acids is 1. The molecule has 0 spiro atoms. The van der Waals surface area contributed by atoms with Gasteiger partial charge in [0.2, 0.25) is 5.91 Å². The SMILES string of the molecule is CCc1ccccc1NC(=O)CSc1nnc(C(C)Oc2cc(C)c(Cl)c(C)c2)n1C. The minimum Gasteiger partial charge on any atom is -0.483 e. The quantitative estimate of drug-likeness (QED) is 0.450. The second-order valence-corrected chi connectivity index (χ2v) is 8.70. The molecular weight excluding hydrogens is 432 g/mol. The number of halogens is 1. The Kier molecular flexibility index (Phi) is 7.62. The van der Waals surface area contributed by atoms with Crippen LogP contribution < -0.4 is 10.1 Å². The fourth-order valence-corrected chi connectivity index (χ4v) is 4.13. The monoisotopic (exact) mass is 458 g/mol. The lowest BCUT2D eigenvalue weighted by Gasteiger charge is -2.16. The van der Waals surface area contributed by atoms with Crippen molar-refractivity contribution in [3.05, 3.63) is 63.9 Å². The normalized spacial score (nSPS) is 11.9. The Labute approximate surface area is 192 Å². The van der Waals surface area contributed by atoms with Crippen molar-refractivity contribution in [2.24, 2.45) is 7.05 Å². The van der Waals surface area contributed by atoms with Gasteiger partial charge in [-0.05, 0) is 62.1 Å². The van der Waals surface area contributed by atoms with Gasteiger partial charge < -0.3 is 14.6 Å². The van der Waals surface area contributed by atoms with E-state index in [2.05, 4.69) is 22.4 Å². The Balaban J connectivity index is 1.62. The van der Waals surface area contributed by atoms with Crippen LogP contribution in [0.25, 0.3) is 0 Å². The number of hydrogen-bond acceptors (Lipinski definition) is 5. The molecule has 1 N–H and O–H groups in total. The molecule has 164 valence electrons. The molecule has 0 aliphatic heterocycles. The molecule has 0 saturated carbocycles. The third kappa shape index (κ3) is 5.60. The number of nitrogens with zero attached hydrogens (tertiary/aromatic N) is 3. The van der Waals surface area contributed by atoms with E-state index in [9.17, 15) is 4.79 Å². The van der Waals surface area contributed by atoms with E-state index in [0.717, 1.165) is 39.6 Å². The van der Waals surface area contributed by atoms with Gasteiger partial charge in [0, 0.05) is 17.8 Å². The molecule has 3 aromatic rings. The summed E-state index contributed by atoms with van der Waals surface area (Å²) in [6, 6.07) is 11.7. The Morgan fingerprint density at radius 2 is 1.90 bits per heavy atom.